The normalized spacial score (nSPS) is 19.4. The van der Waals surface area contributed by atoms with E-state index in [0.717, 1.165) is 30.7 Å². The molecule has 2 atom stereocenters. The zero-order chi connectivity index (χ0) is 16.7. The lowest BCUT2D eigenvalue weighted by Gasteiger charge is -2.36. The fourth-order valence-electron chi connectivity index (χ4n) is 3.32. The lowest BCUT2D eigenvalue weighted by atomic mass is 9.94. The molecular weight excluding hydrogens is 290 g/mol. The summed E-state index contributed by atoms with van der Waals surface area (Å²) >= 11 is 0. The molecule has 0 aliphatic carbocycles. The number of benzene rings is 1. The average molecular weight is 319 g/mol. The van der Waals surface area contributed by atoms with Crippen LogP contribution in [0.2, 0.25) is 0 Å². The van der Waals surface area contributed by atoms with E-state index < -0.39 is 0 Å². The number of carbonyl (C=O) groups excluding carboxylic acids is 1. The molecule has 0 aromatic heterocycles. The van der Waals surface area contributed by atoms with Crippen molar-refractivity contribution >= 4 is 5.91 Å². The Morgan fingerprint density at radius 1 is 1.35 bits per heavy atom. The summed E-state index contributed by atoms with van der Waals surface area (Å²) in [5.41, 5.74) is 1.10. The predicted molar refractivity (Wildman–Crippen MR) is 91.9 cm³/mol. The smallest absolute Gasteiger partial charge is 0.223 e. The lowest BCUT2D eigenvalue weighted by molar-refractivity contribution is -0.136. The SMILES string of the molecule is CCOC[C@H]1CCCCN1C(=O)C[C@@H](C)c1ccccc1OC. The molecule has 1 heterocycles. The first-order valence-corrected chi connectivity index (χ1v) is 8.67. The highest BCUT2D eigenvalue weighted by Gasteiger charge is 2.28. The van der Waals surface area contributed by atoms with Gasteiger partial charge < -0.3 is 14.4 Å². The molecule has 23 heavy (non-hydrogen) atoms. The number of hydrogen-bond donors (Lipinski definition) is 0. The van der Waals surface area contributed by atoms with Gasteiger partial charge in [-0.3, -0.25) is 4.79 Å². The molecule has 128 valence electrons. The van der Waals surface area contributed by atoms with E-state index in [2.05, 4.69) is 6.92 Å². The molecule has 2 rings (SSSR count). The first-order chi connectivity index (χ1) is 11.2. The Labute approximate surface area is 139 Å². The second-order valence-electron chi connectivity index (χ2n) is 6.24. The maximum absolute atomic E-state index is 12.8. The standard InChI is InChI=1S/C19H29NO3/c1-4-23-14-16-9-7-8-12-20(16)19(21)13-15(2)17-10-5-6-11-18(17)22-3/h5-6,10-11,15-16H,4,7-9,12-14H2,1-3H3/t15-,16-/m1/s1. The largest absolute Gasteiger partial charge is 0.496 e. The molecule has 4 heteroatoms. The van der Waals surface area contributed by atoms with Crippen LogP contribution < -0.4 is 4.74 Å². The number of methoxy groups -OCH3 is 1. The van der Waals surface area contributed by atoms with Gasteiger partial charge in [-0.1, -0.05) is 25.1 Å². The van der Waals surface area contributed by atoms with Gasteiger partial charge in [-0.05, 0) is 43.7 Å². The van der Waals surface area contributed by atoms with Crippen molar-refractivity contribution in [2.24, 2.45) is 0 Å². The number of carbonyl (C=O) groups is 1. The topological polar surface area (TPSA) is 38.8 Å². The molecular formula is C19H29NO3. The summed E-state index contributed by atoms with van der Waals surface area (Å²) in [4.78, 5) is 14.8. The van der Waals surface area contributed by atoms with Crippen molar-refractivity contribution in [1.29, 1.82) is 0 Å². The molecule has 1 saturated heterocycles. The van der Waals surface area contributed by atoms with Gasteiger partial charge in [0.05, 0.1) is 19.8 Å². The van der Waals surface area contributed by atoms with Gasteiger partial charge in [0.15, 0.2) is 0 Å². The van der Waals surface area contributed by atoms with Gasteiger partial charge in [0.1, 0.15) is 5.75 Å². The molecule has 0 bridgehead atoms. The molecule has 0 N–H and O–H groups in total. The molecule has 1 aliphatic rings. The summed E-state index contributed by atoms with van der Waals surface area (Å²) in [6.07, 6.45) is 3.85. The van der Waals surface area contributed by atoms with E-state index in [0.29, 0.717) is 19.6 Å². The van der Waals surface area contributed by atoms with Crippen LogP contribution >= 0.6 is 0 Å². The van der Waals surface area contributed by atoms with Crippen molar-refractivity contribution in [1.82, 2.24) is 4.90 Å². The van der Waals surface area contributed by atoms with Gasteiger partial charge >= 0.3 is 0 Å². The second-order valence-corrected chi connectivity index (χ2v) is 6.24. The Hall–Kier alpha value is -1.55. The number of rotatable bonds is 7. The van der Waals surface area contributed by atoms with Crippen LogP contribution in [0.25, 0.3) is 0 Å². The number of piperidine rings is 1. The molecule has 1 fully saturated rings. The fourth-order valence-corrected chi connectivity index (χ4v) is 3.32. The van der Waals surface area contributed by atoms with Crippen LogP contribution in [0, 0.1) is 0 Å². The third-order valence-electron chi connectivity index (χ3n) is 4.61. The van der Waals surface area contributed by atoms with Crippen molar-refractivity contribution < 1.29 is 14.3 Å². The monoisotopic (exact) mass is 319 g/mol. The van der Waals surface area contributed by atoms with Crippen LogP contribution in [-0.4, -0.2) is 43.7 Å². The van der Waals surface area contributed by atoms with Crippen LogP contribution in [-0.2, 0) is 9.53 Å². The second kappa shape index (κ2) is 8.92. The summed E-state index contributed by atoms with van der Waals surface area (Å²) in [6, 6.07) is 8.19. The third kappa shape index (κ3) is 4.71. The van der Waals surface area contributed by atoms with Gasteiger partial charge in [-0.15, -0.1) is 0 Å². The van der Waals surface area contributed by atoms with E-state index in [1.165, 1.54) is 6.42 Å². The first kappa shape index (κ1) is 17.8. The van der Waals surface area contributed by atoms with Crippen LogP contribution in [0.1, 0.15) is 51.0 Å². The summed E-state index contributed by atoms with van der Waals surface area (Å²) in [6.45, 7) is 6.31. The zero-order valence-corrected chi connectivity index (χ0v) is 14.6. The Bertz CT molecular complexity index is 503. The summed E-state index contributed by atoms with van der Waals surface area (Å²) in [7, 11) is 1.68. The van der Waals surface area contributed by atoms with E-state index in [4.69, 9.17) is 9.47 Å². The van der Waals surface area contributed by atoms with E-state index >= 15 is 0 Å². The zero-order valence-electron chi connectivity index (χ0n) is 14.6. The average Bonchev–Trinajstić information content (AvgIpc) is 2.60. The molecule has 0 saturated carbocycles. The van der Waals surface area contributed by atoms with Gasteiger partial charge in [-0.2, -0.15) is 0 Å². The van der Waals surface area contributed by atoms with Crippen molar-refractivity contribution in [2.45, 2.75) is 51.5 Å². The number of likely N-dealkylation sites (tertiary alicyclic amines) is 1. The minimum Gasteiger partial charge on any atom is -0.496 e. The molecule has 4 nitrogen and oxygen atoms in total. The number of para-hydroxylation sites is 1. The molecule has 0 radical (unpaired) electrons. The van der Waals surface area contributed by atoms with Crippen LogP contribution in [0.3, 0.4) is 0 Å². The Morgan fingerprint density at radius 3 is 2.87 bits per heavy atom. The number of amides is 1. The highest BCUT2D eigenvalue weighted by molar-refractivity contribution is 5.77. The van der Waals surface area contributed by atoms with Crippen molar-refractivity contribution in [3.8, 4) is 5.75 Å². The molecule has 0 unspecified atom stereocenters. The van der Waals surface area contributed by atoms with E-state index in [9.17, 15) is 4.79 Å². The molecule has 1 amide bonds. The summed E-state index contributed by atoms with van der Waals surface area (Å²) in [5.74, 6) is 1.23. The maximum Gasteiger partial charge on any atom is 0.223 e. The Balaban J connectivity index is 2.01. The number of nitrogens with zero attached hydrogens (tertiary/aromatic N) is 1. The fraction of sp³-hybridized carbons (Fsp3) is 0.632. The van der Waals surface area contributed by atoms with Crippen LogP contribution in [0.15, 0.2) is 24.3 Å². The maximum atomic E-state index is 12.8. The molecule has 1 aromatic carbocycles. The van der Waals surface area contributed by atoms with E-state index in [-0.39, 0.29) is 17.9 Å². The highest BCUT2D eigenvalue weighted by Crippen LogP contribution is 2.30. The molecule has 0 spiro atoms. The quantitative estimate of drug-likeness (QED) is 0.770. The van der Waals surface area contributed by atoms with Crippen molar-refractivity contribution in [3.63, 3.8) is 0 Å². The Kier molecular flexibility index (Phi) is 6.90. The first-order valence-electron chi connectivity index (χ1n) is 8.67. The third-order valence-corrected chi connectivity index (χ3v) is 4.61. The highest BCUT2D eigenvalue weighted by atomic mass is 16.5. The van der Waals surface area contributed by atoms with Crippen LogP contribution in [0.5, 0.6) is 5.75 Å². The van der Waals surface area contributed by atoms with Gasteiger partial charge in [0.25, 0.3) is 0 Å². The molecule has 1 aliphatic heterocycles. The minimum atomic E-state index is 0.147. The van der Waals surface area contributed by atoms with E-state index in [1.54, 1.807) is 7.11 Å². The molecule has 1 aromatic rings. The van der Waals surface area contributed by atoms with Gasteiger partial charge in [0.2, 0.25) is 5.91 Å². The Morgan fingerprint density at radius 2 is 2.13 bits per heavy atom. The predicted octanol–water partition coefficient (Wildman–Crippen LogP) is 3.61. The summed E-state index contributed by atoms with van der Waals surface area (Å²) < 4.78 is 11.0. The van der Waals surface area contributed by atoms with E-state index in [1.807, 2.05) is 36.1 Å². The van der Waals surface area contributed by atoms with Crippen molar-refractivity contribution in [2.75, 3.05) is 26.9 Å². The van der Waals surface area contributed by atoms with Crippen molar-refractivity contribution in [3.05, 3.63) is 29.8 Å². The van der Waals surface area contributed by atoms with Gasteiger partial charge in [0, 0.05) is 19.6 Å². The van der Waals surface area contributed by atoms with Crippen LogP contribution in [0.4, 0.5) is 0 Å². The minimum absolute atomic E-state index is 0.147. The summed E-state index contributed by atoms with van der Waals surface area (Å²) in [5, 5.41) is 0. The number of hydrogen-bond acceptors (Lipinski definition) is 3. The number of ether oxygens (including phenoxy) is 2. The van der Waals surface area contributed by atoms with Gasteiger partial charge in [-0.25, -0.2) is 0 Å². The lowest BCUT2D eigenvalue weighted by Crippen LogP contribution is -2.46.